The molecule has 0 aliphatic heterocycles. The number of hydrogen-bond donors (Lipinski definition) is 2. The van der Waals surface area contributed by atoms with Gasteiger partial charge >= 0.3 is 0 Å². The normalized spacial score (nSPS) is 12.5. The second kappa shape index (κ2) is 6.38. The highest BCUT2D eigenvalue weighted by atomic mass is 32.2. The first-order chi connectivity index (χ1) is 8.84. The van der Waals surface area contributed by atoms with Crippen LogP contribution in [0.3, 0.4) is 0 Å². The van der Waals surface area contributed by atoms with Crippen molar-refractivity contribution in [3.05, 3.63) is 36.9 Å². The fourth-order valence-electron chi connectivity index (χ4n) is 1.44. The fraction of sp³-hybridized carbons (Fsp3) is 0.308. The topological polar surface area (TPSA) is 75.3 Å². The number of benzene rings is 1. The minimum Gasteiger partial charge on any atom is -0.374 e. The van der Waals surface area contributed by atoms with Crippen LogP contribution in [0.5, 0.6) is 0 Å². The van der Waals surface area contributed by atoms with Crippen LogP contribution >= 0.6 is 0 Å². The van der Waals surface area contributed by atoms with Crippen LogP contribution in [-0.4, -0.2) is 33.2 Å². The van der Waals surface area contributed by atoms with Gasteiger partial charge in [0.05, 0.1) is 4.90 Å². The Kier molecular flexibility index (Phi) is 5.11. The molecule has 6 heteroatoms. The first kappa shape index (κ1) is 15.2. The summed E-state index contributed by atoms with van der Waals surface area (Å²) in [5, 5.41) is 5.66. The summed E-state index contributed by atoms with van der Waals surface area (Å²) < 4.78 is 22.6. The van der Waals surface area contributed by atoms with Crippen molar-refractivity contribution < 1.29 is 13.2 Å². The average molecular weight is 282 g/mol. The lowest BCUT2D eigenvalue weighted by atomic mass is 10.2. The fourth-order valence-corrected chi connectivity index (χ4v) is 2.07. The lowest BCUT2D eigenvalue weighted by Gasteiger charge is -2.14. The van der Waals surface area contributed by atoms with Gasteiger partial charge in [0.2, 0.25) is 5.91 Å². The molecule has 1 aromatic rings. The van der Waals surface area contributed by atoms with Crippen molar-refractivity contribution in [3.8, 4) is 0 Å². The number of rotatable bonds is 6. The highest BCUT2D eigenvalue weighted by Crippen LogP contribution is 2.14. The van der Waals surface area contributed by atoms with Crippen LogP contribution in [0.25, 0.3) is 0 Å². The van der Waals surface area contributed by atoms with Gasteiger partial charge in [-0.3, -0.25) is 4.79 Å². The number of carbonyl (C=O) groups excluding carboxylic acids is 1. The zero-order chi connectivity index (χ0) is 14.5. The van der Waals surface area contributed by atoms with Gasteiger partial charge in [-0.1, -0.05) is 6.08 Å². The molecule has 2 N–H and O–H groups in total. The summed E-state index contributed by atoms with van der Waals surface area (Å²) in [4.78, 5) is 11.9. The maximum atomic E-state index is 11.6. The molecule has 0 spiro atoms. The van der Waals surface area contributed by atoms with Crippen LogP contribution in [0, 0.1) is 0 Å². The summed E-state index contributed by atoms with van der Waals surface area (Å²) in [6, 6.07) is 5.86. The third-order valence-electron chi connectivity index (χ3n) is 2.48. The first-order valence-corrected chi connectivity index (χ1v) is 7.69. The number of amides is 1. The molecule has 0 fully saturated rings. The van der Waals surface area contributed by atoms with Crippen molar-refractivity contribution in [1.29, 1.82) is 0 Å². The second-order valence-corrected chi connectivity index (χ2v) is 6.21. The van der Waals surface area contributed by atoms with E-state index in [-0.39, 0.29) is 10.8 Å². The smallest absolute Gasteiger partial charge is 0.242 e. The van der Waals surface area contributed by atoms with Gasteiger partial charge in [-0.05, 0) is 31.2 Å². The van der Waals surface area contributed by atoms with Gasteiger partial charge in [0.1, 0.15) is 6.04 Å². The lowest BCUT2D eigenvalue weighted by Crippen LogP contribution is -2.37. The zero-order valence-electron chi connectivity index (χ0n) is 11.0. The van der Waals surface area contributed by atoms with Crippen molar-refractivity contribution in [3.63, 3.8) is 0 Å². The molecule has 19 heavy (non-hydrogen) atoms. The minimum absolute atomic E-state index is 0.146. The molecular weight excluding hydrogens is 264 g/mol. The van der Waals surface area contributed by atoms with Gasteiger partial charge in [-0.15, -0.1) is 6.58 Å². The van der Waals surface area contributed by atoms with E-state index in [2.05, 4.69) is 17.2 Å². The van der Waals surface area contributed by atoms with E-state index in [0.717, 1.165) is 6.26 Å². The van der Waals surface area contributed by atoms with E-state index in [4.69, 9.17) is 0 Å². The number of nitrogens with one attached hydrogen (secondary N) is 2. The predicted octanol–water partition coefficient (Wildman–Crippen LogP) is 1.19. The molecule has 0 aromatic heterocycles. The monoisotopic (exact) mass is 282 g/mol. The van der Waals surface area contributed by atoms with E-state index in [1.54, 1.807) is 25.1 Å². The van der Waals surface area contributed by atoms with Gasteiger partial charge in [0.15, 0.2) is 9.84 Å². The summed E-state index contributed by atoms with van der Waals surface area (Å²) in [5.41, 5.74) is 0.689. The molecule has 0 aliphatic rings. The molecule has 0 saturated carbocycles. The SMILES string of the molecule is C=CCNC(=O)C(C)Nc1ccc(S(C)(=O)=O)cc1. The van der Waals surface area contributed by atoms with Crippen LogP contribution < -0.4 is 10.6 Å². The third-order valence-corrected chi connectivity index (χ3v) is 3.61. The van der Waals surface area contributed by atoms with Gasteiger partial charge in [0, 0.05) is 18.5 Å². The number of sulfone groups is 1. The molecule has 1 unspecified atom stereocenters. The Hall–Kier alpha value is -1.82. The molecule has 0 saturated heterocycles. The maximum absolute atomic E-state index is 11.6. The Morgan fingerprint density at radius 1 is 1.37 bits per heavy atom. The maximum Gasteiger partial charge on any atom is 0.242 e. The van der Waals surface area contributed by atoms with Crippen molar-refractivity contribution >= 4 is 21.4 Å². The quantitative estimate of drug-likeness (QED) is 0.769. The van der Waals surface area contributed by atoms with Crippen LogP contribution in [0.4, 0.5) is 5.69 Å². The summed E-state index contributed by atoms with van der Waals surface area (Å²) in [7, 11) is -3.19. The predicted molar refractivity (Wildman–Crippen MR) is 75.8 cm³/mol. The van der Waals surface area contributed by atoms with Crippen molar-refractivity contribution in [1.82, 2.24) is 5.32 Å². The minimum atomic E-state index is -3.19. The largest absolute Gasteiger partial charge is 0.374 e. The van der Waals surface area contributed by atoms with Crippen LogP contribution in [0.2, 0.25) is 0 Å². The van der Waals surface area contributed by atoms with Crippen LogP contribution in [0.15, 0.2) is 41.8 Å². The molecule has 0 aliphatic carbocycles. The number of anilines is 1. The van der Waals surface area contributed by atoms with E-state index in [9.17, 15) is 13.2 Å². The molecular formula is C13H18N2O3S. The Morgan fingerprint density at radius 2 is 1.95 bits per heavy atom. The van der Waals surface area contributed by atoms with Gasteiger partial charge in [0.25, 0.3) is 0 Å². The molecule has 5 nitrogen and oxygen atoms in total. The van der Waals surface area contributed by atoms with E-state index in [1.807, 2.05) is 0 Å². The number of hydrogen-bond acceptors (Lipinski definition) is 4. The molecule has 1 amide bonds. The Balaban J connectivity index is 2.68. The van der Waals surface area contributed by atoms with E-state index >= 15 is 0 Å². The average Bonchev–Trinajstić information content (AvgIpc) is 2.35. The molecule has 0 bridgehead atoms. The van der Waals surface area contributed by atoms with E-state index in [1.165, 1.54) is 12.1 Å². The van der Waals surface area contributed by atoms with Crippen molar-refractivity contribution in [2.75, 3.05) is 18.1 Å². The summed E-state index contributed by atoms with van der Waals surface area (Å²) in [5.74, 6) is -0.146. The van der Waals surface area contributed by atoms with Crippen LogP contribution in [-0.2, 0) is 14.6 Å². The summed E-state index contributed by atoms with van der Waals surface area (Å²) in [6.07, 6.45) is 2.76. The molecule has 1 aromatic carbocycles. The van der Waals surface area contributed by atoms with Crippen molar-refractivity contribution in [2.45, 2.75) is 17.9 Å². The second-order valence-electron chi connectivity index (χ2n) is 4.20. The Labute approximate surface area is 113 Å². The van der Waals surface area contributed by atoms with E-state index < -0.39 is 15.9 Å². The summed E-state index contributed by atoms with van der Waals surface area (Å²) >= 11 is 0. The third kappa shape index (κ3) is 4.75. The Bertz CT molecular complexity index is 550. The van der Waals surface area contributed by atoms with Crippen molar-refractivity contribution in [2.24, 2.45) is 0 Å². The van der Waals surface area contributed by atoms with Gasteiger partial charge in [-0.2, -0.15) is 0 Å². The number of carbonyl (C=O) groups is 1. The highest BCUT2D eigenvalue weighted by molar-refractivity contribution is 7.90. The molecule has 1 atom stereocenters. The van der Waals surface area contributed by atoms with Crippen LogP contribution in [0.1, 0.15) is 6.92 Å². The highest BCUT2D eigenvalue weighted by Gasteiger charge is 2.12. The first-order valence-electron chi connectivity index (χ1n) is 5.80. The molecule has 0 radical (unpaired) electrons. The summed E-state index contributed by atoms with van der Waals surface area (Å²) in [6.45, 7) is 5.66. The zero-order valence-corrected chi connectivity index (χ0v) is 11.8. The molecule has 1 rings (SSSR count). The van der Waals surface area contributed by atoms with Gasteiger partial charge in [-0.25, -0.2) is 8.42 Å². The Morgan fingerprint density at radius 3 is 2.42 bits per heavy atom. The lowest BCUT2D eigenvalue weighted by molar-refractivity contribution is -0.121. The van der Waals surface area contributed by atoms with E-state index in [0.29, 0.717) is 12.2 Å². The molecule has 104 valence electrons. The molecule has 0 heterocycles. The van der Waals surface area contributed by atoms with Gasteiger partial charge < -0.3 is 10.6 Å². The standard InChI is InChI=1S/C13H18N2O3S/c1-4-9-14-13(16)10(2)15-11-5-7-12(8-6-11)19(3,17)18/h4-8,10,15H,1,9H2,2-3H3,(H,14,16).